The lowest BCUT2D eigenvalue weighted by Crippen LogP contribution is -2.40. The van der Waals surface area contributed by atoms with Crippen molar-refractivity contribution in [2.45, 2.75) is 25.9 Å². The molecular formula is C23H24N2O. The first-order chi connectivity index (χ1) is 12.7. The van der Waals surface area contributed by atoms with E-state index in [-0.39, 0.29) is 11.9 Å². The molecule has 0 aromatic heterocycles. The van der Waals surface area contributed by atoms with Crippen LogP contribution in [0.4, 0.5) is 0 Å². The fourth-order valence-electron chi connectivity index (χ4n) is 3.74. The molecule has 132 valence electrons. The average Bonchev–Trinajstić information content (AvgIpc) is 2.67. The van der Waals surface area contributed by atoms with E-state index in [1.54, 1.807) is 0 Å². The van der Waals surface area contributed by atoms with Crippen molar-refractivity contribution >= 4 is 16.7 Å². The Hall–Kier alpha value is -2.65. The van der Waals surface area contributed by atoms with Crippen LogP contribution in [0.1, 0.15) is 29.7 Å². The standard InChI is InChI=1S/C23H24N2O/c1-17(20-11-10-18-6-2-4-8-21(18)14-20)24-23(26)16-25-13-12-19-7-3-5-9-22(19)15-25/h2-11,14,17H,12-13,15-16H2,1H3,(H,24,26)/t17-/m0/s1. The van der Waals surface area contributed by atoms with Crippen LogP contribution in [0.15, 0.2) is 66.7 Å². The van der Waals surface area contributed by atoms with Crippen LogP contribution >= 0.6 is 0 Å². The number of carbonyl (C=O) groups excluding carboxylic acids is 1. The molecule has 0 unspecified atom stereocenters. The number of hydrogen-bond donors (Lipinski definition) is 1. The molecule has 0 fully saturated rings. The van der Waals surface area contributed by atoms with Gasteiger partial charge in [0.2, 0.25) is 5.91 Å². The Bertz CT molecular complexity index is 934. The van der Waals surface area contributed by atoms with Crippen molar-refractivity contribution in [1.29, 1.82) is 0 Å². The molecule has 1 heterocycles. The summed E-state index contributed by atoms with van der Waals surface area (Å²) in [5.41, 5.74) is 3.89. The zero-order valence-corrected chi connectivity index (χ0v) is 15.1. The van der Waals surface area contributed by atoms with Gasteiger partial charge in [0.15, 0.2) is 0 Å². The Morgan fingerprint density at radius 3 is 2.58 bits per heavy atom. The lowest BCUT2D eigenvalue weighted by molar-refractivity contribution is -0.123. The quantitative estimate of drug-likeness (QED) is 0.774. The summed E-state index contributed by atoms with van der Waals surface area (Å²) in [6.45, 7) is 4.29. The van der Waals surface area contributed by atoms with Gasteiger partial charge in [-0.25, -0.2) is 0 Å². The highest BCUT2D eigenvalue weighted by atomic mass is 16.2. The third-order valence-electron chi connectivity index (χ3n) is 5.23. The number of carbonyl (C=O) groups is 1. The van der Waals surface area contributed by atoms with Crippen LogP contribution in [0, 0.1) is 0 Å². The number of benzene rings is 3. The zero-order valence-electron chi connectivity index (χ0n) is 15.1. The molecule has 1 amide bonds. The van der Waals surface area contributed by atoms with E-state index in [4.69, 9.17) is 0 Å². The van der Waals surface area contributed by atoms with Gasteiger partial charge in [-0.1, -0.05) is 60.7 Å². The summed E-state index contributed by atoms with van der Waals surface area (Å²) in [6.07, 6.45) is 1.02. The van der Waals surface area contributed by atoms with Gasteiger partial charge in [0.25, 0.3) is 0 Å². The summed E-state index contributed by atoms with van der Waals surface area (Å²) >= 11 is 0. The summed E-state index contributed by atoms with van der Waals surface area (Å²) in [5, 5.41) is 5.58. The van der Waals surface area contributed by atoms with E-state index in [0.717, 1.165) is 25.1 Å². The topological polar surface area (TPSA) is 32.3 Å². The van der Waals surface area contributed by atoms with Crippen LogP contribution < -0.4 is 5.32 Å². The minimum absolute atomic E-state index is 0.00387. The summed E-state index contributed by atoms with van der Waals surface area (Å²) in [4.78, 5) is 14.7. The molecule has 1 aliphatic rings. The van der Waals surface area contributed by atoms with Gasteiger partial charge in [0.1, 0.15) is 0 Å². The van der Waals surface area contributed by atoms with Gasteiger partial charge in [0, 0.05) is 13.1 Å². The molecule has 3 heteroatoms. The van der Waals surface area contributed by atoms with E-state index in [9.17, 15) is 4.79 Å². The maximum atomic E-state index is 12.5. The van der Waals surface area contributed by atoms with Crippen molar-refractivity contribution in [3.05, 3.63) is 83.4 Å². The van der Waals surface area contributed by atoms with Gasteiger partial charge >= 0.3 is 0 Å². The average molecular weight is 344 g/mol. The molecule has 1 N–H and O–H groups in total. The van der Waals surface area contributed by atoms with E-state index in [1.807, 2.05) is 19.1 Å². The molecule has 0 spiro atoms. The lowest BCUT2D eigenvalue weighted by atomic mass is 10.00. The summed E-state index contributed by atoms with van der Waals surface area (Å²) in [7, 11) is 0. The van der Waals surface area contributed by atoms with Crippen molar-refractivity contribution < 1.29 is 4.79 Å². The Kier molecular flexibility index (Phi) is 4.72. The van der Waals surface area contributed by atoms with Gasteiger partial charge in [-0.15, -0.1) is 0 Å². The molecule has 0 bridgehead atoms. The first-order valence-corrected chi connectivity index (χ1v) is 9.26. The minimum Gasteiger partial charge on any atom is -0.348 e. The number of nitrogens with zero attached hydrogens (tertiary/aromatic N) is 1. The van der Waals surface area contributed by atoms with Crippen LogP contribution in [-0.4, -0.2) is 23.9 Å². The highest BCUT2D eigenvalue weighted by Gasteiger charge is 2.19. The highest BCUT2D eigenvalue weighted by Crippen LogP contribution is 2.21. The van der Waals surface area contributed by atoms with Gasteiger partial charge in [-0.05, 0) is 46.9 Å². The Balaban J connectivity index is 1.38. The van der Waals surface area contributed by atoms with Gasteiger partial charge in [-0.2, -0.15) is 0 Å². The molecule has 4 rings (SSSR count). The monoisotopic (exact) mass is 344 g/mol. The van der Waals surface area contributed by atoms with Gasteiger partial charge in [0.05, 0.1) is 12.6 Å². The van der Waals surface area contributed by atoms with Crippen molar-refractivity contribution in [1.82, 2.24) is 10.2 Å². The van der Waals surface area contributed by atoms with E-state index in [1.165, 1.54) is 21.9 Å². The lowest BCUT2D eigenvalue weighted by Gasteiger charge is -2.28. The third kappa shape index (κ3) is 3.63. The van der Waals surface area contributed by atoms with E-state index in [2.05, 4.69) is 64.8 Å². The molecule has 1 aliphatic heterocycles. The molecule has 0 aliphatic carbocycles. The largest absolute Gasteiger partial charge is 0.348 e. The normalized spacial score (nSPS) is 15.4. The Morgan fingerprint density at radius 2 is 1.73 bits per heavy atom. The fraction of sp³-hybridized carbons (Fsp3) is 0.261. The molecule has 0 saturated heterocycles. The first kappa shape index (κ1) is 16.8. The number of fused-ring (bicyclic) bond motifs is 2. The molecular weight excluding hydrogens is 320 g/mol. The van der Waals surface area contributed by atoms with Gasteiger partial charge in [-0.3, -0.25) is 9.69 Å². The SMILES string of the molecule is C[C@H](NC(=O)CN1CCc2ccccc2C1)c1ccc2ccccc2c1. The second-order valence-corrected chi connectivity index (χ2v) is 7.13. The maximum Gasteiger partial charge on any atom is 0.234 e. The number of rotatable bonds is 4. The van der Waals surface area contributed by atoms with E-state index in [0.29, 0.717) is 6.54 Å². The van der Waals surface area contributed by atoms with Crippen molar-refractivity contribution in [3.8, 4) is 0 Å². The van der Waals surface area contributed by atoms with Crippen molar-refractivity contribution in [2.24, 2.45) is 0 Å². The predicted molar refractivity (Wildman–Crippen MR) is 106 cm³/mol. The molecule has 3 nitrogen and oxygen atoms in total. The number of amides is 1. The van der Waals surface area contributed by atoms with Crippen molar-refractivity contribution in [3.63, 3.8) is 0 Å². The van der Waals surface area contributed by atoms with Crippen molar-refractivity contribution in [2.75, 3.05) is 13.1 Å². The van der Waals surface area contributed by atoms with Gasteiger partial charge < -0.3 is 5.32 Å². The first-order valence-electron chi connectivity index (χ1n) is 9.26. The second kappa shape index (κ2) is 7.30. The summed E-state index contributed by atoms with van der Waals surface area (Å²) in [5.74, 6) is 0.0880. The Labute approximate surface area is 154 Å². The fourth-order valence-corrected chi connectivity index (χ4v) is 3.74. The highest BCUT2D eigenvalue weighted by molar-refractivity contribution is 5.83. The molecule has 3 aromatic rings. The molecule has 1 atom stereocenters. The second-order valence-electron chi connectivity index (χ2n) is 7.13. The molecule has 3 aromatic carbocycles. The molecule has 0 radical (unpaired) electrons. The van der Waals surface area contributed by atoms with E-state index < -0.39 is 0 Å². The number of hydrogen-bond acceptors (Lipinski definition) is 2. The Morgan fingerprint density at radius 1 is 1.00 bits per heavy atom. The smallest absolute Gasteiger partial charge is 0.234 e. The third-order valence-corrected chi connectivity index (χ3v) is 5.23. The summed E-state index contributed by atoms with van der Waals surface area (Å²) in [6, 6.07) is 23.2. The van der Waals surface area contributed by atoms with Crippen LogP contribution in [0.5, 0.6) is 0 Å². The molecule has 0 saturated carbocycles. The van der Waals surface area contributed by atoms with E-state index >= 15 is 0 Å². The maximum absolute atomic E-state index is 12.5. The minimum atomic E-state index is 0.00387. The summed E-state index contributed by atoms with van der Waals surface area (Å²) < 4.78 is 0. The van der Waals surface area contributed by atoms with Crippen LogP contribution in [0.2, 0.25) is 0 Å². The van der Waals surface area contributed by atoms with Crippen LogP contribution in [0.3, 0.4) is 0 Å². The molecule has 26 heavy (non-hydrogen) atoms. The predicted octanol–water partition coefficient (Wildman–Crippen LogP) is 4.08. The van der Waals surface area contributed by atoms with Crippen LogP contribution in [-0.2, 0) is 17.8 Å². The van der Waals surface area contributed by atoms with Crippen LogP contribution in [0.25, 0.3) is 10.8 Å². The zero-order chi connectivity index (χ0) is 17.9. The number of nitrogens with one attached hydrogen (secondary N) is 1.